The second-order valence-electron chi connectivity index (χ2n) is 7.64. The van der Waals surface area contributed by atoms with E-state index < -0.39 is 6.04 Å². The molecule has 3 aromatic rings. The van der Waals surface area contributed by atoms with Gasteiger partial charge in [0.05, 0.1) is 37.8 Å². The molecule has 0 saturated heterocycles. The lowest BCUT2D eigenvalue weighted by Gasteiger charge is -2.25. The number of benzene rings is 2. The van der Waals surface area contributed by atoms with Gasteiger partial charge in [0.15, 0.2) is 16.9 Å². The molecule has 2 aromatic carbocycles. The van der Waals surface area contributed by atoms with Crippen molar-refractivity contribution in [3.8, 4) is 11.5 Å². The molecule has 0 spiro atoms. The van der Waals surface area contributed by atoms with Crippen LogP contribution in [0.5, 0.6) is 11.5 Å². The number of aryl methyl sites for hydroxylation is 2. The van der Waals surface area contributed by atoms with E-state index in [1.165, 1.54) is 0 Å². The third kappa shape index (κ3) is 3.35. The summed E-state index contributed by atoms with van der Waals surface area (Å²) in [6.07, 6.45) is 0. The fourth-order valence-electron chi connectivity index (χ4n) is 4.30. The van der Waals surface area contributed by atoms with Crippen LogP contribution in [0.4, 0.5) is 0 Å². The van der Waals surface area contributed by atoms with Crippen LogP contribution in [0.25, 0.3) is 11.0 Å². The molecule has 1 aromatic heterocycles. The Balaban J connectivity index is 1.99. The Morgan fingerprint density at radius 1 is 1.00 bits per heavy atom. The molecule has 7 heteroatoms. The largest absolute Gasteiger partial charge is 0.493 e. The Morgan fingerprint density at radius 2 is 1.74 bits per heavy atom. The van der Waals surface area contributed by atoms with E-state index in [9.17, 15) is 9.59 Å². The molecule has 0 radical (unpaired) electrons. The molecule has 0 aliphatic carbocycles. The fraction of sp³-hybridized carbons (Fsp3) is 0.333. The zero-order valence-corrected chi connectivity index (χ0v) is 18.3. The van der Waals surface area contributed by atoms with Crippen molar-refractivity contribution in [3.63, 3.8) is 0 Å². The number of ether oxygens (including phenoxy) is 3. The van der Waals surface area contributed by atoms with Crippen molar-refractivity contribution in [2.45, 2.75) is 19.9 Å². The number of amides is 1. The summed E-state index contributed by atoms with van der Waals surface area (Å²) in [6.45, 7) is 4.45. The maximum atomic E-state index is 13.7. The molecule has 0 N–H and O–H groups in total. The molecule has 31 heavy (non-hydrogen) atoms. The van der Waals surface area contributed by atoms with Crippen LogP contribution in [-0.4, -0.2) is 45.3 Å². The van der Waals surface area contributed by atoms with E-state index in [1.807, 2.05) is 26.0 Å². The van der Waals surface area contributed by atoms with Crippen molar-refractivity contribution in [3.05, 3.63) is 68.6 Å². The predicted octanol–water partition coefficient (Wildman–Crippen LogP) is 3.62. The summed E-state index contributed by atoms with van der Waals surface area (Å²) in [5.41, 5.74) is 3.09. The SMILES string of the molecule is COCCN1C(=O)c2oc3cc(C)cc(C)c3c(=O)c2C1c1ccc(OC)c(OC)c1. The number of carbonyl (C=O) groups is 1. The number of fused-ring (bicyclic) bond motifs is 2. The number of rotatable bonds is 6. The van der Waals surface area contributed by atoms with E-state index in [0.29, 0.717) is 41.2 Å². The van der Waals surface area contributed by atoms with Crippen LogP contribution in [0.2, 0.25) is 0 Å². The summed E-state index contributed by atoms with van der Waals surface area (Å²) in [5, 5.41) is 0.496. The normalized spacial score (nSPS) is 15.5. The highest BCUT2D eigenvalue weighted by atomic mass is 16.5. The number of methoxy groups -OCH3 is 3. The Bertz CT molecular complexity index is 1230. The number of nitrogens with zero attached hydrogens (tertiary/aromatic N) is 1. The second-order valence-corrected chi connectivity index (χ2v) is 7.64. The predicted molar refractivity (Wildman–Crippen MR) is 116 cm³/mol. The minimum absolute atomic E-state index is 0.0818. The van der Waals surface area contributed by atoms with Gasteiger partial charge >= 0.3 is 0 Å². The first kappa shape index (κ1) is 20.9. The van der Waals surface area contributed by atoms with Crippen LogP contribution in [0.15, 0.2) is 39.5 Å². The Morgan fingerprint density at radius 3 is 2.42 bits per heavy atom. The van der Waals surface area contributed by atoms with Crippen molar-refractivity contribution in [2.75, 3.05) is 34.5 Å². The first-order valence-corrected chi connectivity index (χ1v) is 10.0. The van der Waals surface area contributed by atoms with Gasteiger partial charge in [-0.25, -0.2) is 0 Å². The lowest BCUT2D eigenvalue weighted by Crippen LogP contribution is -2.32. The zero-order valence-electron chi connectivity index (χ0n) is 18.3. The molecule has 1 unspecified atom stereocenters. The van der Waals surface area contributed by atoms with Crippen molar-refractivity contribution in [1.29, 1.82) is 0 Å². The second kappa shape index (κ2) is 8.07. The maximum absolute atomic E-state index is 13.7. The third-order valence-electron chi connectivity index (χ3n) is 5.67. The first-order chi connectivity index (χ1) is 14.9. The van der Waals surface area contributed by atoms with Gasteiger partial charge < -0.3 is 23.5 Å². The van der Waals surface area contributed by atoms with Gasteiger partial charge in [-0.1, -0.05) is 12.1 Å². The average molecular weight is 423 g/mol. The highest BCUT2D eigenvalue weighted by molar-refractivity contribution is 5.99. The van der Waals surface area contributed by atoms with Gasteiger partial charge in [0, 0.05) is 13.7 Å². The minimum Gasteiger partial charge on any atom is -0.493 e. The summed E-state index contributed by atoms with van der Waals surface area (Å²) >= 11 is 0. The zero-order chi connectivity index (χ0) is 22.3. The molecule has 7 nitrogen and oxygen atoms in total. The van der Waals surface area contributed by atoms with Gasteiger partial charge in [-0.05, 0) is 48.7 Å². The monoisotopic (exact) mass is 423 g/mol. The lowest BCUT2D eigenvalue weighted by atomic mass is 9.96. The quantitative estimate of drug-likeness (QED) is 0.603. The topological polar surface area (TPSA) is 78.2 Å². The molecule has 1 atom stereocenters. The lowest BCUT2D eigenvalue weighted by molar-refractivity contribution is 0.0663. The minimum atomic E-state index is -0.612. The third-order valence-corrected chi connectivity index (χ3v) is 5.67. The van der Waals surface area contributed by atoms with Crippen LogP contribution in [0, 0.1) is 13.8 Å². The van der Waals surface area contributed by atoms with E-state index in [1.54, 1.807) is 44.4 Å². The molecule has 1 aliphatic rings. The molecule has 1 aliphatic heterocycles. The van der Waals surface area contributed by atoms with Crippen molar-refractivity contribution in [1.82, 2.24) is 4.90 Å². The number of carbonyl (C=O) groups excluding carboxylic acids is 1. The number of hydrogen-bond acceptors (Lipinski definition) is 6. The molecule has 162 valence electrons. The van der Waals surface area contributed by atoms with Crippen LogP contribution < -0.4 is 14.9 Å². The van der Waals surface area contributed by atoms with Gasteiger partial charge in [-0.15, -0.1) is 0 Å². The molecular weight excluding hydrogens is 398 g/mol. The van der Waals surface area contributed by atoms with Gasteiger partial charge in [-0.3, -0.25) is 9.59 Å². The standard InChI is InChI=1S/C24H25NO6/c1-13-10-14(2)19-18(11-13)31-23-20(22(19)26)21(25(24(23)27)8-9-28-3)15-6-7-16(29-4)17(12-15)30-5/h6-7,10-12,21H,8-9H2,1-5H3. The van der Waals surface area contributed by atoms with Crippen molar-refractivity contribution < 1.29 is 23.4 Å². The summed E-state index contributed by atoms with van der Waals surface area (Å²) in [4.78, 5) is 28.6. The van der Waals surface area contributed by atoms with Crippen LogP contribution in [-0.2, 0) is 4.74 Å². The van der Waals surface area contributed by atoms with Gasteiger partial charge in [0.1, 0.15) is 5.58 Å². The summed E-state index contributed by atoms with van der Waals surface area (Å²) in [5.74, 6) is 0.837. The van der Waals surface area contributed by atoms with E-state index in [2.05, 4.69) is 0 Å². The summed E-state index contributed by atoms with van der Waals surface area (Å²) in [7, 11) is 4.68. The van der Waals surface area contributed by atoms with Crippen molar-refractivity contribution >= 4 is 16.9 Å². The van der Waals surface area contributed by atoms with E-state index >= 15 is 0 Å². The summed E-state index contributed by atoms with van der Waals surface area (Å²) in [6, 6.07) is 8.51. The van der Waals surface area contributed by atoms with E-state index in [0.717, 1.165) is 16.7 Å². The Kier molecular flexibility index (Phi) is 5.45. The Hall–Kier alpha value is -3.32. The first-order valence-electron chi connectivity index (χ1n) is 10.0. The van der Waals surface area contributed by atoms with E-state index in [4.69, 9.17) is 18.6 Å². The molecule has 0 fully saturated rings. The smallest absolute Gasteiger partial charge is 0.290 e. The van der Waals surface area contributed by atoms with Gasteiger partial charge in [0.2, 0.25) is 5.76 Å². The highest BCUT2D eigenvalue weighted by Gasteiger charge is 2.43. The maximum Gasteiger partial charge on any atom is 0.290 e. The summed E-state index contributed by atoms with van der Waals surface area (Å²) < 4.78 is 22.0. The van der Waals surface area contributed by atoms with Gasteiger partial charge in [0.25, 0.3) is 5.91 Å². The van der Waals surface area contributed by atoms with Crippen LogP contribution in [0.1, 0.15) is 38.9 Å². The number of hydrogen-bond donors (Lipinski definition) is 0. The molecule has 0 bridgehead atoms. The molecule has 4 rings (SSSR count). The van der Waals surface area contributed by atoms with Crippen LogP contribution >= 0.6 is 0 Å². The molecule has 2 heterocycles. The van der Waals surface area contributed by atoms with E-state index in [-0.39, 0.29) is 17.1 Å². The average Bonchev–Trinajstić information content (AvgIpc) is 3.03. The molecule has 1 amide bonds. The molecule has 0 saturated carbocycles. The fourth-order valence-corrected chi connectivity index (χ4v) is 4.30. The van der Waals surface area contributed by atoms with Gasteiger partial charge in [-0.2, -0.15) is 0 Å². The highest BCUT2D eigenvalue weighted by Crippen LogP contribution is 2.41. The Labute approximate surface area is 180 Å². The van der Waals surface area contributed by atoms with Crippen LogP contribution in [0.3, 0.4) is 0 Å². The van der Waals surface area contributed by atoms with Crippen molar-refractivity contribution in [2.24, 2.45) is 0 Å². The molecular formula is C24H25NO6.